The summed E-state index contributed by atoms with van der Waals surface area (Å²) in [4.78, 5) is 20.8. The maximum Gasteiger partial charge on any atom is 0.206 e. The molecule has 110 valence electrons. The van der Waals surface area contributed by atoms with Crippen LogP contribution in [0.25, 0.3) is 17.1 Å². The molecule has 5 heteroatoms. The lowest BCUT2D eigenvalue weighted by Crippen LogP contribution is -2.05. The number of nitriles is 1. The van der Waals surface area contributed by atoms with E-state index in [-0.39, 0.29) is 11.1 Å². The summed E-state index contributed by atoms with van der Waals surface area (Å²) in [6.45, 7) is 0. The summed E-state index contributed by atoms with van der Waals surface area (Å²) in [6.07, 6.45) is 2.78. The van der Waals surface area contributed by atoms with Crippen LogP contribution in [0, 0.1) is 17.1 Å². The second-order valence-electron chi connectivity index (χ2n) is 4.76. The number of hydrogen-bond donors (Lipinski definition) is 0. The number of ketones is 1. The quantitative estimate of drug-likeness (QED) is 0.421. The predicted octanol–water partition coefficient (Wildman–Crippen LogP) is 3.56. The van der Waals surface area contributed by atoms with E-state index in [0.29, 0.717) is 16.7 Å². The van der Waals surface area contributed by atoms with Gasteiger partial charge < -0.3 is 0 Å². The molecule has 0 fully saturated rings. The number of nitrogens with zero attached hydrogens (tertiary/aromatic N) is 3. The normalized spacial score (nSPS) is 11.2. The van der Waals surface area contributed by atoms with Gasteiger partial charge in [-0.2, -0.15) is 5.26 Å². The molecule has 2 aromatic carbocycles. The van der Waals surface area contributed by atoms with Crippen LogP contribution in [0.4, 0.5) is 4.39 Å². The minimum absolute atomic E-state index is 0.144. The number of fused-ring (bicyclic) bond motifs is 1. The molecule has 0 aliphatic rings. The second-order valence-corrected chi connectivity index (χ2v) is 4.76. The van der Waals surface area contributed by atoms with Crippen molar-refractivity contribution in [2.75, 3.05) is 0 Å². The highest BCUT2D eigenvalue weighted by molar-refractivity contribution is 6.14. The Morgan fingerprint density at radius 2 is 1.78 bits per heavy atom. The van der Waals surface area contributed by atoms with Crippen LogP contribution in [-0.2, 0) is 0 Å². The number of rotatable bonds is 3. The molecular weight excluding hydrogens is 293 g/mol. The van der Waals surface area contributed by atoms with E-state index < -0.39 is 11.6 Å². The first-order chi connectivity index (χ1) is 11.2. The summed E-state index contributed by atoms with van der Waals surface area (Å²) in [7, 11) is 0. The molecule has 4 nitrogen and oxygen atoms in total. The first-order valence-electron chi connectivity index (χ1n) is 6.82. The topological polar surface area (TPSA) is 66.6 Å². The Balaban J connectivity index is 2.02. The molecule has 0 saturated heterocycles. The van der Waals surface area contributed by atoms with Gasteiger partial charge in [0.25, 0.3) is 0 Å². The molecule has 0 spiro atoms. The van der Waals surface area contributed by atoms with Crippen LogP contribution >= 0.6 is 0 Å². The number of halogens is 1. The second kappa shape index (κ2) is 6.16. The summed E-state index contributed by atoms with van der Waals surface area (Å²) in [5.41, 5.74) is 1.39. The molecule has 1 aromatic heterocycles. The molecule has 0 aliphatic heterocycles. The third-order valence-corrected chi connectivity index (χ3v) is 3.24. The van der Waals surface area contributed by atoms with Gasteiger partial charge in [-0.15, -0.1) is 0 Å². The van der Waals surface area contributed by atoms with Gasteiger partial charge >= 0.3 is 0 Å². The van der Waals surface area contributed by atoms with Gasteiger partial charge in [0.15, 0.2) is 0 Å². The van der Waals surface area contributed by atoms with Crippen molar-refractivity contribution in [2.24, 2.45) is 0 Å². The van der Waals surface area contributed by atoms with Gasteiger partial charge in [0.2, 0.25) is 5.78 Å². The van der Waals surface area contributed by atoms with E-state index >= 15 is 0 Å². The average Bonchev–Trinajstić information content (AvgIpc) is 2.59. The molecule has 0 amide bonds. The molecule has 0 N–H and O–H groups in total. The third-order valence-electron chi connectivity index (χ3n) is 3.24. The standard InChI is InChI=1S/C18H10FN3O/c19-15-6-2-1-5-14(15)18(23)12(10-20)9-13-11-21-16-7-3-4-8-17(16)22-13/h1-9,11H/b12-9+. The van der Waals surface area contributed by atoms with E-state index in [2.05, 4.69) is 9.97 Å². The minimum Gasteiger partial charge on any atom is -0.288 e. The number of benzene rings is 2. The molecule has 0 aliphatic carbocycles. The van der Waals surface area contributed by atoms with Crippen LogP contribution in [0.2, 0.25) is 0 Å². The predicted molar refractivity (Wildman–Crippen MR) is 83.9 cm³/mol. The average molecular weight is 303 g/mol. The van der Waals surface area contributed by atoms with Crippen molar-refractivity contribution in [3.05, 3.63) is 77.4 Å². The fourth-order valence-electron chi connectivity index (χ4n) is 2.13. The van der Waals surface area contributed by atoms with E-state index in [1.807, 2.05) is 18.2 Å². The Bertz CT molecular complexity index is 973. The zero-order valence-corrected chi connectivity index (χ0v) is 11.9. The zero-order chi connectivity index (χ0) is 16.2. The first kappa shape index (κ1) is 14.5. The van der Waals surface area contributed by atoms with Gasteiger partial charge in [-0.3, -0.25) is 9.78 Å². The Kier molecular flexibility index (Phi) is 3.89. The van der Waals surface area contributed by atoms with Crippen molar-refractivity contribution in [2.45, 2.75) is 0 Å². The van der Waals surface area contributed by atoms with Crippen LogP contribution in [0.1, 0.15) is 16.1 Å². The van der Waals surface area contributed by atoms with Crippen LogP contribution in [0.3, 0.4) is 0 Å². The zero-order valence-electron chi connectivity index (χ0n) is 11.9. The number of allylic oxidation sites excluding steroid dienone is 1. The third kappa shape index (κ3) is 2.97. The monoisotopic (exact) mass is 303 g/mol. The molecule has 3 rings (SSSR count). The van der Waals surface area contributed by atoms with Gasteiger partial charge in [0.05, 0.1) is 28.5 Å². The number of para-hydroxylation sites is 2. The summed E-state index contributed by atoms with van der Waals surface area (Å²) in [6, 6.07) is 14.6. The summed E-state index contributed by atoms with van der Waals surface area (Å²) >= 11 is 0. The van der Waals surface area contributed by atoms with Gasteiger partial charge in [-0.1, -0.05) is 24.3 Å². The number of carbonyl (C=O) groups is 1. The fourth-order valence-corrected chi connectivity index (χ4v) is 2.13. The molecule has 23 heavy (non-hydrogen) atoms. The number of aromatic nitrogens is 2. The smallest absolute Gasteiger partial charge is 0.206 e. The summed E-state index contributed by atoms with van der Waals surface area (Å²) in [5, 5.41) is 9.21. The Morgan fingerprint density at radius 1 is 1.09 bits per heavy atom. The summed E-state index contributed by atoms with van der Waals surface area (Å²) < 4.78 is 13.7. The van der Waals surface area contributed by atoms with Crippen molar-refractivity contribution in [3.63, 3.8) is 0 Å². The maximum atomic E-state index is 13.7. The van der Waals surface area contributed by atoms with E-state index in [9.17, 15) is 14.4 Å². The minimum atomic E-state index is -0.680. The van der Waals surface area contributed by atoms with Crippen LogP contribution < -0.4 is 0 Å². The Labute approximate surface area is 131 Å². The Hall–Kier alpha value is -3.39. The van der Waals surface area contributed by atoms with Gasteiger partial charge in [-0.25, -0.2) is 9.37 Å². The number of carbonyl (C=O) groups excluding carboxylic acids is 1. The van der Waals surface area contributed by atoms with Crippen molar-refractivity contribution in [1.29, 1.82) is 5.26 Å². The highest BCUT2D eigenvalue weighted by Gasteiger charge is 2.16. The molecule has 0 bridgehead atoms. The molecule has 0 radical (unpaired) electrons. The largest absolute Gasteiger partial charge is 0.288 e. The lowest BCUT2D eigenvalue weighted by atomic mass is 10.0. The molecule has 0 atom stereocenters. The van der Waals surface area contributed by atoms with Gasteiger partial charge in [-0.05, 0) is 30.3 Å². The van der Waals surface area contributed by atoms with Crippen molar-refractivity contribution in [3.8, 4) is 6.07 Å². The van der Waals surface area contributed by atoms with Crippen molar-refractivity contribution >= 4 is 22.9 Å². The molecule has 0 saturated carbocycles. The van der Waals surface area contributed by atoms with Crippen LogP contribution in [0.5, 0.6) is 0 Å². The lowest BCUT2D eigenvalue weighted by Gasteiger charge is -2.02. The Morgan fingerprint density at radius 3 is 2.52 bits per heavy atom. The SMILES string of the molecule is N#C/C(=C\c1cnc2ccccc2n1)C(=O)c1ccccc1F. The highest BCUT2D eigenvalue weighted by atomic mass is 19.1. The fraction of sp³-hybridized carbons (Fsp3) is 0. The van der Waals surface area contributed by atoms with E-state index in [4.69, 9.17) is 0 Å². The number of Topliss-reactive ketones (excluding diaryl/α,β-unsaturated/α-hetero) is 1. The lowest BCUT2D eigenvalue weighted by molar-refractivity contribution is 0.103. The number of hydrogen-bond acceptors (Lipinski definition) is 4. The molecule has 3 aromatic rings. The van der Waals surface area contributed by atoms with E-state index in [1.54, 1.807) is 18.2 Å². The van der Waals surface area contributed by atoms with E-state index in [1.165, 1.54) is 30.5 Å². The van der Waals surface area contributed by atoms with Crippen molar-refractivity contribution in [1.82, 2.24) is 9.97 Å². The molecular formula is C18H10FN3O. The highest BCUT2D eigenvalue weighted by Crippen LogP contribution is 2.15. The van der Waals surface area contributed by atoms with E-state index in [0.717, 1.165) is 0 Å². The van der Waals surface area contributed by atoms with Gasteiger partial charge in [0, 0.05) is 0 Å². The van der Waals surface area contributed by atoms with Crippen LogP contribution in [0.15, 0.2) is 60.3 Å². The maximum absolute atomic E-state index is 13.7. The molecule has 1 heterocycles. The first-order valence-corrected chi connectivity index (χ1v) is 6.82. The van der Waals surface area contributed by atoms with Crippen molar-refractivity contribution < 1.29 is 9.18 Å². The van der Waals surface area contributed by atoms with Crippen LogP contribution in [-0.4, -0.2) is 15.8 Å². The summed E-state index contributed by atoms with van der Waals surface area (Å²) in [5.74, 6) is -1.34. The van der Waals surface area contributed by atoms with Gasteiger partial charge in [0.1, 0.15) is 17.5 Å². The molecule has 0 unspecified atom stereocenters.